The van der Waals surface area contributed by atoms with E-state index in [-0.39, 0.29) is 23.4 Å². The molecule has 1 aliphatic carbocycles. The van der Waals surface area contributed by atoms with Crippen LogP contribution in [0.4, 0.5) is 14.9 Å². The number of methoxy groups -OCH3 is 1. The Hall–Kier alpha value is -3.05. The maximum absolute atomic E-state index is 14.7. The lowest BCUT2D eigenvalue weighted by Gasteiger charge is -2.61. The molecule has 5 rings (SSSR count). The van der Waals surface area contributed by atoms with Gasteiger partial charge in [0.25, 0.3) is 0 Å². The zero-order chi connectivity index (χ0) is 22.5. The topological polar surface area (TPSA) is 122 Å². The van der Waals surface area contributed by atoms with Crippen LogP contribution in [-0.4, -0.2) is 49.5 Å². The summed E-state index contributed by atoms with van der Waals surface area (Å²) in [6.45, 7) is 2.32. The number of anilines is 1. The number of carbonyl (C=O) groups is 1. The molecular weight excluding hydrogens is 441 g/mol. The van der Waals surface area contributed by atoms with E-state index >= 15 is 0 Å². The van der Waals surface area contributed by atoms with Crippen LogP contribution in [0.15, 0.2) is 22.9 Å². The quantitative estimate of drug-likeness (QED) is 0.593. The van der Waals surface area contributed by atoms with Gasteiger partial charge in [0, 0.05) is 25.1 Å². The number of carbonyl (C=O) groups excluding carboxylic acids is 1. The Balaban J connectivity index is 1.44. The van der Waals surface area contributed by atoms with Gasteiger partial charge in [0.1, 0.15) is 24.3 Å². The molecule has 0 radical (unpaired) electrons. The van der Waals surface area contributed by atoms with Crippen molar-refractivity contribution in [1.82, 2.24) is 30.3 Å². The molecule has 12 heteroatoms. The second-order valence-corrected chi connectivity index (χ2v) is 8.72. The van der Waals surface area contributed by atoms with Crippen LogP contribution in [0.1, 0.15) is 38.0 Å². The summed E-state index contributed by atoms with van der Waals surface area (Å²) in [6, 6.07) is 2.13. The van der Waals surface area contributed by atoms with Crippen molar-refractivity contribution in [3.63, 3.8) is 0 Å². The molecule has 2 fully saturated rings. The second-order valence-electron chi connectivity index (χ2n) is 8.31. The Morgan fingerprint density at radius 3 is 3.03 bits per heavy atom. The summed E-state index contributed by atoms with van der Waals surface area (Å²) in [5.74, 6) is 0.815. The van der Waals surface area contributed by atoms with Crippen molar-refractivity contribution in [2.24, 2.45) is 5.92 Å². The average Bonchev–Trinajstić information content (AvgIpc) is 3.42. The van der Waals surface area contributed by atoms with E-state index in [1.165, 1.54) is 19.5 Å². The highest BCUT2D eigenvalue weighted by molar-refractivity contribution is 6.33. The van der Waals surface area contributed by atoms with E-state index in [9.17, 15) is 9.18 Å². The maximum atomic E-state index is 14.7. The highest BCUT2D eigenvalue weighted by Crippen LogP contribution is 2.55. The number of halogens is 2. The molecule has 2 N–H and O–H groups in total. The van der Waals surface area contributed by atoms with Gasteiger partial charge in [-0.15, -0.1) is 10.2 Å². The van der Waals surface area contributed by atoms with Crippen LogP contribution in [0.5, 0.6) is 0 Å². The molecule has 3 atom stereocenters. The summed E-state index contributed by atoms with van der Waals surface area (Å²) in [6.07, 6.45) is 3.56. The Kier molecular flexibility index (Phi) is 5.09. The monoisotopic (exact) mass is 461 g/mol. The molecule has 0 spiro atoms. The number of fused-ring (bicyclic) bond motifs is 2. The van der Waals surface area contributed by atoms with Gasteiger partial charge in [0.2, 0.25) is 11.8 Å². The maximum Gasteiger partial charge on any atom is 0.323 e. The molecular formula is C20H21ClFN7O3. The van der Waals surface area contributed by atoms with Crippen LogP contribution in [0, 0.1) is 11.7 Å². The lowest BCUT2D eigenvalue weighted by atomic mass is 9.64. The van der Waals surface area contributed by atoms with Crippen molar-refractivity contribution in [2.45, 2.75) is 44.4 Å². The fourth-order valence-corrected chi connectivity index (χ4v) is 5.15. The fourth-order valence-electron chi connectivity index (χ4n) is 4.91. The first kappa shape index (κ1) is 20.8. The Bertz CT molecular complexity index is 1150. The molecule has 1 aromatic carbocycles. The van der Waals surface area contributed by atoms with E-state index in [0.29, 0.717) is 41.9 Å². The Morgan fingerprint density at radius 1 is 1.44 bits per heavy atom. The normalized spacial score (nSPS) is 24.3. The minimum Gasteiger partial charge on any atom is -0.420 e. The fraction of sp³-hybridized carbons (Fsp3) is 0.450. The number of hydrogen-bond donors (Lipinski definition) is 2. The summed E-state index contributed by atoms with van der Waals surface area (Å²) in [4.78, 5) is 19.1. The van der Waals surface area contributed by atoms with E-state index in [0.717, 1.165) is 12.5 Å². The third kappa shape index (κ3) is 3.32. The summed E-state index contributed by atoms with van der Waals surface area (Å²) in [7, 11) is 1.54. The van der Waals surface area contributed by atoms with Crippen LogP contribution in [0.2, 0.25) is 5.02 Å². The Labute approximate surface area is 187 Å². The third-order valence-electron chi connectivity index (χ3n) is 6.08. The predicted molar refractivity (Wildman–Crippen MR) is 111 cm³/mol. The first-order valence-electron chi connectivity index (χ1n) is 10.2. The van der Waals surface area contributed by atoms with Crippen molar-refractivity contribution >= 4 is 23.3 Å². The summed E-state index contributed by atoms with van der Waals surface area (Å²) < 4.78 is 25.5. The highest BCUT2D eigenvalue weighted by Gasteiger charge is 2.62. The summed E-state index contributed by atoms with van der Waals surface area (Å²) in [5.41, 5.74) is -0.305. The first-order chi connectivity index (χ1) is 15.4. The number of urea groups is 1. The molecule has 32 heavy (non-hydrogen) atoms. The predicted octanol–water partition coefficient (Wildman–Crippen LogP) is 3.73. The van der Waals surface area contributed by atoms with Gasteiger partial charge < -0.3 is 19.4 Å². The van der Waals surface area contributed by atoms with E-state index in [1.807, 2.05) is 0 Å². The third-order valence-corrected chi connectivity index (χ3v) is 6.39. The molecule has 2 bridgehead atoms. The molecule has 1 aliphatic heterocycles. The van der Waals surface area contributed by atoms with E-state index in [2.05, 4.69) is 37.6 Å². The SMILES string of the molecule is COCc1nnc(C23CC(C[C@H](C)C2)N3C(=O)Nc2cc(-c3ncn[nH]3)c(Cl)cc2F)o1. The highest BCUT2D eigenvalue weighted by atomic mass is 35.5. The number of benzene rings is 1. The van der Waals surface area contributed by atoms with Gasteiger partial charge in [0.15, 0.2) is 5.82 Å². The minimum absolute atomic E-state index is 0.000584. The summed E-state index contributed by atoms with van der Waals surface area (Å²) in [5, 5.41) is 17.5. The van der Waals surface area contributed by atoms with Gasteiger partial charge >= 0.3 is 6.03 Å². The lowest BCUT2D eigenvalue weighted by molar-refractivity contribution is -0.110. The number of aromatic amines is 1. The van der Waals surface area contributed by atoms with Gasteiger partial charge in [-0.3, -0.25) is 5.10 Å². The number of H-pyrrole nitrogens is 1. The first-order valence-corrected chi connectivity index (χ1v) is 10.6. The molecule has 3 aromatic rings. The molecule has 168 valence electrons. The summed E-state index contributed by atoms with van der Waals surface area (Å²) >= 11 is 6.17. The van der Waals surface area contributed by atoms with E-state index in [1.54, 1.807) is 4.90 Å². The van der Waals surface area contributed by atoms with Gasteiger partial charge in [-0.25, -0.2) is 14.2 Å². The number of ether oxygens (including phenoxy) is 1. The molecule has 1 saturated heterocycles. The van der Waals surface area contributed by atoms with Crippen molar-refractivity contribution < 1.29 is 18.3 Å². The number of nitrogens with one attached hydrogen (secondary N) is 2. The van der Waals surface area contributed by atoms with Crippen molar-refractivity contribution in [3.05, 3.63) is 41.1 Å². The standard InChI is InChI=1S/C20H21ClFN7O3/c1-10-3-11-7-20(6-10,18-28-26-16(32-18)8-31-2)29(11)19(30)25-15-4-12(13(21)5-14(15)22)17-23-9-24-27-17/h4-5,9-11H,3,6-8H2,1-2H3,(H,25,30)(H,23,24,27)/t10-,11?,20?/m0/s1. The van der Waals surface area contributed by atoms with Crippen LogP contribution in [0.25, 0.3) is 11.4 Å². The average molecular weight is 462 g/mol. The van der Waals surface area contributed by atoms with Gasteiger partial charge in [-0.05, 0) is 30.9 Å². The van der Waals surface area contributed by atoms with E-state index in [4.69, 9.17) is 20.8 Å². The van der Waals surface area contributed by atoms with Crippen LogP contribution in [0.3, 0.4) is 0 Å². The smallest absolute Gasteiger partial charge is 0.323 e. The van der Waals surface area contributed by atoms with Crippen molar-refractivity contribution in [3.8, 4) is 11.4 Å². The number of likely N-dealkylation sites (tertiary alicyclic amines) is 1. The van der Waals surface area contributed by atoms with Gasteiger partial charge in [0.05, 0.1) is 10.7 Å². The number of amides is 2. The van der Waals surface area contributed by atoms with Crippen molar-refractivity contribution in [2.75, 3.05) is 12.4 Å². The van der Waals surface area contributed by atoms with E-state index < -0.39 is 17.4 Å². The number of rotatable bonds is 5. The Morgan fingerprint density at radius 2 is 2.28 bits per heavy atom. The van der Waals surface area contributed by atoms with Gasteiger partial charge in [-0.2, -0.15) is 5.10 Å². The van der Waals surface area contributed by atoms with Crippen molar-refractivity contribution in [1.29, 1.82) is 0 Å². The molecule has 2 aliphatic rings. The molecule has 3 heterocycles. The molecule has 2 unspecified atom stereocenters. The number of aromatic nitrogens is 5. The lowest BCUT2D eigenvalue weighted by Crippen LogP contribution is -2.70. The molecule has 1 saturated carbocycles. The van der Waals surface area contributed by atoms with Crippen LogP contribution >= 0.6 is 11.6 Å². The van der Waals surface area contributed by atoms with Crippen LogP contribution in [-0.2, 0) is 16.9 Å². The van der Waals surface area contributed by atoms with Crippen LogP contribution < -0.4 is 5.32 Å². The van der Waals surface area contributed by atoms with Gasteiger partial charge in [-0.1, -0.05) is 18.5 Å². The zero-order valence-electron chi connectivity index (χ0n) is 17.4. The number of piperidine rings is 1. The molecule has 2 aromatic heterocycles. The minimum atomic E-state index is -0.720. The molecule has 10 nitrogen and oxygen atoms in total. The second kappa shape index (κ2) is 7.82. The largest absolute Gasteiger partial charge is 0.420 e. The molecule has 2 amide bonds. The number of nitrogens with zero attached hydrogens (tertiary/aromatic N) is 5. The number of hydrogen-bond acceptors (Lipinski definition) is 7. The zero-order valence-corrected chi connectivity index (χ0v) is 18.2.